The van der Waals surface area contributed by atoms with Gasteiger partial charge in [-0.3, -0.25) is 0 Å². The van der Waals surface area contributed by atoms with E-state index in [1.165, 1.54) is 0 Å². The number of hydrogen-bond donors (Lipinski definition) is 0. The molecule has 6 heteroatoms. The lowest BCUT2D eigenvalue weighted by molar-refractivity contribution is 0.0726. The SMILES string of the molecule is CCCCOc1ccc(C(=O)Oc2ccc(-c3ccc(OCC)cc3)nn2)cc1. The fourth-order valence-electron chi connectivity index (χ4n) is 2.59. The number of hydrogen-bond acceptors (Lipinski definition) is 6. The second-order valence-corrected chi connectivity index (χ2v) is 6.33. The zero-order valence-electron chi connectivity index (χ0n) is 16.6. The summed E-state index contributed by atoms with van der Waals surface area (Å²) < 4.78 is 16.3. The van der Waals surface area contributed by atoms with Crippen LogP contribution in [0.25, 0.3) is 11.3 Å². The van der Waals surface area contributed by atoms with E-state index in [9.17, 15) is 4.79 Å². The van der Waals surface area contributed by atoms with Crippen molar-refractivity contribution in [1.29, 1.82) is 0 Å². The molecule has 2 aromatic carbocycles. The molecule has 0 aliphatic heterocycles. The molecule has 0 unspecified atom stereocenters. The van der Waals surface area contributed by atoms with Gasteiger partial charge in [0.1, 0.15) is 11.5 Å². The van der Waals surface area contributed by atoms with Gasteiger partial charge in [0.25, 0.3) is 0 Å². The van der Waals surface area contributed by atoms with Crippen LogP contribution in [-0.4, -0.2) is 29.4 Å². The molecule has 0 spiro atoms. The first-order valence-electron chi connectivity index (χ1n) is 9.71. The molecule has 0 aliphatic rings. The largest absolute Gasteiger partial charge is 0.494 e. The minimum Gasteiger partial charge on any atom is -0.494 e. The Kier molecular flexibility index (Phi) is 7.16. The fourth-order valence-corrected chi connectivity index (χ4v) is 2.59. The number of unbranched alkanes of at least 4 members (excludes halogenated alkanes) is 1. The minimum absolute atomic E-state index is 0.146. The highest BCUT2D eigenvalue weighted by Gasteiger charge is 2.11. The molecule has 0 amide bonds. The third kappa shape index (κ3) is 5.78. The summed E-state index contributed by atoms with van der Waals surface area (Å²) in [5.41, 5.74) is 2.00. The van der Waals surface area contributed by atoms with Crippen molar-refractivity contribution >= 4 is 5.97 Å². The summed E-state index contributed by atoms with van der Waals surface area (Å²) in [6.45, 7) is 5.33. The molecule has 29 heavy (non-hydrogen) atoms. The van der Waals surface area contributed by atoms with Crippen LogP contribution in [-0.2, 0) is 0 Å². The van der Waals surface area contributed by atoms with Crippen molar-refractivity contribution in [3.63, 3.8) is 0 Å². The van der Waals surface area contributed by atoms with E-state index < -0.39 is 5.97 Å². The number of carbonyl (C=O) groups excluding carboxylic acids is 1. The maximum atomic E-state index is 12.3. The van der Waals surface area contributed by atoms with Gasteiger partial charge in [0.2, 0.25) is 5.88 Å². The van der Waals surface area contributed by atoms with Crippen LogP contribution in [0.15, 0.2) is 60.7 Å². The maximum Gasteiger partial charge on any atom is 0.344 e. The second kappa shape index (κ2) is 10.2. The highest BCUT2D eigenvalue weighted by Crippen LogP contribution is 2.22. The van der Waals surface area contributed by atoms with Crippen molar-refractivity contribution in [1.82, 2.24) is 10.2 Å². The fraction of sp³-hybridized carbons (Fsp3) is 0.261. The highest BCUT2D eigenvalue weighted by atomic mass is 16.5. The molecule has 3 rings (SSSR count). The van der Waals surface area contributed by atoms with Crippen molar-refractivity contribution in [3.05, 3.63) is 66.2 Å². The Hall–Kier alpha value is -3.41. The summed E-state index contributed by atoms with van der Waals surface area (Å²) in [5.74, 6) is 1.19. The lowest BCUT2D eigenvalue weighted by Gasteiger charge is -2.07. The lowest BCUT2D eigenvalue weighted by Crippen LogP contribution is -2.10. The van der Waals surface area contributed by atoms with Crippen LogP contribution >= 0.6 is 0 Å². The number of benzene rings is 2. The predicted molar refractivity (Wildman–Crippen MR) is 110 cm³/mol. The molecule has 0 saturated heterocycles. The van der Waals surface area contributed by atoms with Gasteiger partial charge < -0.3 is 14.2 Å². The first-order valence-corrected chi connectivity index (χ1v) is 9.71. The summed E-state index contributed by atoms with van der Waals surface area (Å²) in [5, 5.41) is 8.14. The van der Waals surface area contributed by atoms with Gasteiger partial charge in [-0.1, -0.05) is 13.3 Å². The summed E-state index contributed by atoms with van der Waals surface area (Å²) in [7, 11) is 0. The average Bonchev–Trinajstić information content (AvgIpc) is 2.76. The molecule has 0 fully saturated rings. The van der Waals surface area contributed by atoms with E-state index in [2.05, 4.69) is 17.1 Å². The monoisotopic (exact) mass is 392 g/mol. The smallest absolute Gasteiger partial charge is 0.344 e. The van der Waals surface area contributed by atoms with Crippen LogP contribution in [0.5, 0.6) is 17.4 Å². The van der Waals surface area contributed by atoms with Crippen LogP contribution < -0.4 is 14.2 Å². The zero-order valence-corrected chi connectivity index (χ0v) is 16.6. The van der Waals surface area contributed by atoms with Gasteiger partial charge in [0.05, 0.1) is 24.5 Å². The van der Waals surface area contributed by atoms with Gasteiger partial charge in [-0.05, 0) is 67.9 Å². The van der Waals surface area contributed by atoms with Crippen LogP contribution in [0, 0.1) is 0 Å². The van der Waals surface area contributed by atoms with E-state index >= 15 is 0 Å². The van der Waals surface area contributed by atoms with Gasteiger partial charge >= 0.3 is 5.97 Å². The first kappa shape index (κ1) is 20.3. The summed E-state index contributed by atoms with van der Waals surface area (Å²) >= 11 is 0. The van der Waals surface area contributed by atoms with Gasteiger partial charge in [-0.15, -0.1) is 10.2 Å². The normalized spacial score (nSPS) is 10.4. The molecule has 1 heterocycles. The molecule has 150 valence electrons. The Morgan fingerprint density at radius 1 is 0.828 bits per heavy atom. The number of rotatable bonds is 9. The number of nitrogens with zero attached hydrogens (tertiary/aromatic N) is 2. The molecular formula is C23H24N2O4. The topological polar surface area (TPSA) is 70.5 Å². The molecule has 1 aromatic heterocycles. The number of ether oxygens (including phenoxy) is 3. The molecule has 0 N–H and O–H groups in total. The Bertz CT molecular complexity index is 907. The summed E-state index contributed by atoms with van der Waals surface area (Å²) in [4.78, 5) is 12.3. The molecule has 0 atom stereocenters. The number of carbonyl (C=O) groups is 1. The van der Waals surface area contributed by atoms with E-state index in [1.54, 1.807) is 36.4 Å². The van der Waals surface area contributed by atoms with E-state index in [0.717, 1.165) is 29.9 Å². The Labute approximate surface area is 170 Å². The third-order valence-electron chi connectivity index (χ3n) is 4.16. The first-order chi connectivity index (χ1) is 14.2. The average molecular weight is 392 g/mol. The maximum absolute atomic E-state index is 12.3. The Morgan fingerprint density at radius 2 is 1.52 bits per heavy atom. The van der Waals surface area contributed by atoms with Crippen LogP contribution in [0.3, 0.4) is 0 Å². The lowest BCUT2D eigenvalue weighted by atomic mass is 10.1. The third-order valence-corrected chi connectivity index (χ3v) is 4.16. The van der Waals surface area contributed by atoms with Crippen LogP contribution in [0.4, 0.5) is 0 Å². The van der Waals surface area contributed by atoms with Crippen molar-refractivity contribution in [2.24, 2.45) is 0 Å². The molecule has 0 aliphatic carbocycles. The van der Waals surface area contributed by atoms with Crippen LogP contribution in [0.2, 0.25) is 0 Å². The quantitative estimate of drug-likeness (QED) is 0.379. The number of esters is 1. The van der Waals surface area contributed by atoms with Crippen molar-refractivity contribution < 1.29 is 19.0 Å². The van der Waals surface area contributed by atoms with Gasteiger partial charge in [0.15, 0.2) is 0 Å². The zero-order chi connectivity index (χ0) is 20.5. The Morgan fingerprint density at radius 3 is 2.14 bits per heavy atom. The van der Waals surface area contributed by atoms with Gasteiger partial charge in [0, 0.05) is 11.6 Å². The van der Waals surface area contributed by atoms with Crippen molar-refractivity contribution in [2.75, 3.05) is 13.2 Å². The van der Waals surface area contributed by atoms with Crippen molar-refractivity contribution in [2.45, 2.75) is 26.7 Å². The molecule has 0 saturated carbocycles. The van der Waals surface area contributed by atoms with E-state index in [4.69, 9.17) is 14.2 Å². The predicted octanol–water partition coefficient (Wildman–Crippen LogP) is 4.94. The van der Waals surface area contributed by atoms with Gasteiger partial charge in [-0.25, -0.2) is 4.79 Å². The molecule has 0 bridgehead atoms. The molecule has 0 radical (unpaired) electrons. The highest BCUT2D eigenvalue weighted by molar-refractivity contribution is 5.91. The van der Waals surface area contributed by atoms with Gasteiger partial charge in [-0.2, -0.15) is 0 Å². The standard InChI is InChI=1S/C23H24N2O4/c1-3-5-16-28-20-12-8-18(9-13-20)23(26)29-22-15-14-21(24-25-22)17-6-10-19(11-7-17)27-4-2/h6-15H,3-5,16H2,1-2H3. The van der Waals surface area contributed by atoms with Crippen LogP contribution in [0.1, 0.15) is 37.0 Å². The van der Waals surface area contributed by atoms with E-state index in [-0.39, 0.29) is 5.88 Å². The number of aromatic nitrogens is 2. The Balaban J connectivity index is 1.59. The minimum atomic E-state index is -0.492. The molecular weight excluding hydrogens is 368 g/mol. The van der Waals surface area contributed by atoms with E-state index in [1.807, 2.05) is 31.2 Å². The van der Waals surface area contributed by atoms with E-state index in [0.29, 0.717) is 24.5 Å². The van der Waals surface area contributed by atoms with Crippen molar-refractivity contribution in [3.8, 4) is 28.6 Å². The summed E-state index contributed by atoms with van der Waals surface area (Å²) in [6, 6.07) is 17.8. The molecule has 6 nitrogen and oxygen atoms in total. The molecule has 3 aromatic rings. The summed E-state index contributed by atoms with van der Waals surface area (Å²) in [6.07, 6.45) is 2.07. The second-order valence-electron chi connectivity index (χ2n) is 6.33.